The molecular weight excluding hydrogens is 325 g/mol. The molecule has 2 heterocycles. The minimum atomic E-state index is -0.0773. The number of rotatable bonds is 3. The molecule has 0 aliphatic carbocycles. The molecule has 0 saturated carbocycles. The van der Waals surface area contributed by atoms with Crippen molar-refractivity contribution in [2.75, 3.05) is 20.2 Å². The summed E-state index contributed by atoms with van der Waals surface area (Å²) in [4.78, 5) is 16.5. The molecule has 1 aromatic carbocycles. The minimum Gasteiger partial charge on any atom is -0.378 e. The fraction of sp³-hybridized carbons (Fsp3) is 0.333. The van der Waals surface area contributed by atoms with Crippen molar-refractivity contribution in [1.82, 2.24) is 15.6 Å². The third kappa shape index (κ3) is 3.87. The maximum Gasteiger partial charge on any atom is 0.251 e. The van der Waals surface area contributed by atoms with Crippen LogP contribution >= 0.6 is 24.8 Å². The van der Waals surface area contributed by atoms with Crippen LogP contribution in [0.2, 0.25) is 0 Å². The number of nitrogens with one attached hydrogen (secondary N) is 2. The van der Waals surface area contributed by atoms with Gasteiger partial charge in [-0.25, -0.2) is 0 Å². The number of carbonyl (C=O) groups is 1. The summed E-state index contributed by atoms with van der Waals surface area (Å²) in [6.07, 6.45) is 1.77. The SMILES string of the molecule is COC1CNCC1NC(=O)c1ccc2ncccc2c1.Cl.Cl. The molecule has 1 aliphatic rings. The molecular formula is C15H19Cl2N3O2. The number of hydrogen-bond acceptors (Lipinski definition) is 4. The van der Waals surface area contributed by atoms with E-state index in [0.717, 1.165) is 24.0 Å². The van der Waals surface area contributed by atoms with Crippen LogP contribution < -0.4 is 10.6 Å². The maximum absolute atomic E-state index is 12.3. The van der Waals surface area contributed by atoms with E-state index >= 15 is 0 Å². The monoisotopic (exact) mass is 343 g/mol. The summed E-state index contributed by atoms with van der Waals surface area (Å²) in [5, 5.41) is 7.19. The molecule has 1 saturated heterocycles. The van der Waals surface area contributed by atoms with Gasteiger partial charge in [-0.05, 0) is 24.3 Å². The number of aromatic nitrogens is 1. The van der Waals surface area contributed by atoms with E-state index in [9.17, 15) is 4.79 Å². The summed E-state index contributed by atoms with van der Waals surface area (Å²) in [5.41, 5.74) is 1.54. The number of hydrogen-bond donors (Lipinski definition) is 2. The molecule has 1 aliphatic heterocycles. The number of methoxy groups -OCH3 is 1. The smallest absolute Gasteiger partial charge is 0.251 e. The lowest BCUT2D eigenvalue weighted by Gasteiger charge is -2.18. The zero-order chi connectivity index (χ0) is 13.9. The second kappa shape index (κ2) is 8.29. The summed E-state index contributed by atoms with van der Waals surface area (Å²) in [7, 11) is 1.67. The van der Waals surface area contributed by atoms with Crippen molar-refractivity contribution in [1.29, 1.82) is 0 Å². The van der Waals surface area contributed by atoms with Crippen molar-refractivity contribution in [3.05, 3.63) is 42.1 Å². The lowest BCUT2D eigenvalue weighted by atomic mass is 10.1. The first-order chi connectivity index (χ1) is 9.78. The normalized spacial score (nSPS) is 20.0. The van der Waals surface area contributed by atoms with Crippen molar-refractivity contribution >= 4 is 41.6 Å². The number of ether oxygens (including phenoxy) is 1. The third-order valence-electron chi connectivity index (χ3n) is 3.64. The van der Waals surface area contributed by atoms with E-state index in [1.54, 1.807) is 19.4 Å². The third-order valence-corrected chi connectivity index (χ3v) is 3.64. The van der Waals surface area contributed by atoms with Gasteiger partial charge in [-0.2, -0.15) is 0 Å². The van der Waals surface area contributed by atoms with Gasteiger partial charge in [0, 0.05) is 37.3 Å². The zero-order valence-electron chi connectivity index (χ0n) is 12.1. The van der Waals surface area contributed by atoms with Crippen LogP contribution in [0.3, 0.4) is 0 Å². The van der Waals surface area contributed by atoms with Crippen LogP contribution in [-0.4, -0.2) is 43.2 Å². The van der Waals surface area contributed by atoms with E-state index in [0.29, 0.717) is 5.56 Å². The van der Waals surface area contributed by atoms with Crippen LogP contribution in [0.4, 0.5) is 0 Å². The van der Waals surface area contributed by atoms with Crippen LogP contribution in [-0.2, 0) is 4.74 Å². The molecule has 3 rings (SSSR count). The van der Waals surface area contributed by atoms with E-state index < -0.39 is 0 Å². The average Bonchev–Trinajstić information content (AvgIpc) is 2.94. The van der Waals surface area contributed by atoms with Gasteiger partial charge in [0.05, 0.1) is 17.7 Å². The van der Waals surface area contributed by atoms with Gasteiger partial charge in [-0.3, -0.25) is 9.78 Å². The fourth-order valence-electron chi connectivity index (χ4n) is 2.51. The van der Waals surface area contributed by atoms with Crippen molar-refractivity contribution < 1.29 is 9.53 Å². The highest BCUT2D eigenvalue weighted by atomic mass is 35.5. The molecule has 0 bridgehead atoms. The summed E-state index contributed by atoms with van der Waals surface area (Å²) < 4.78 is 5.34. The lowest BCUT2D eigenvalue weighted by Crippen LogP contribution is -2.43. The Bertz CT molecular complexity index is 639. The van der Waals surface area contributed by atoms with Crippen molar-refractivity contribution in [3.63, 3.8) is 0 Å². The van der Waals surface area contributed by atoms with Gasteiger partial charge in [0.1, 0.15) is 0 Å². The highest BCUT2D eigenvalue weighted by Gasteiger charge is 2.28. The molecule has 7 heteroatoms. The number of pyridine rings is 1. The predicted octanol–water partition coefficient (Wildman–Crippen LogP) is 1.79. The summed E-state index contributed by atoms with van der Waals surface area (Å²) >= 11 is 0. The molecule has 2 unspecified atom stereocenters. The van der Waals surface area contributed by atoms with Gasteiger partial charge in [0.2, 0.25) is 0 Å². The Labute approximate surface area is 141 Å². The first kappa shape index (κ1) is 18.6. The Morgan fingerprint density at radius 2 is 2.14 bits per heavy atom. The highest BCUT2D eigenvalue weighted by molar-refractivity contribution is 5.98. The second-order valence-electron chi connectivity index (χ2n) is 4.92. The summed E-state index contributed by atoms with van der Waals surface area (Å²) in [6, 6.07) is 9.36. The highest BCUT2D eigenvalue weighted by Crippen LogP contribution is 2.14. The van der Waals surface area contributed by atoms with Crippen molar-refractivity contribution in [3.8, 4) is 0 Å². The Kier molecular flexibility index (Phi) is 7.03. The largest absolute Gasteiger partial charge is 0.378 e. The topological polar surface area (TPSA) is 63.2 Å². The van der Waals surface area contributed by atoms with Gasteiger partial charge >= 0.3 is 0 Å². The molecule has 2 aromatic rings. The molecule has 1 fully saturated rings. The standard InChI is InChI=1S/C15H17N3O2.2ClH/c1-20-14-9-16-8-13(14)18-15(19)11-4-5-12-10(7-11)3-2-6-17-12;;/h2-7,13-14,16H,8-9H2,1H3,(H,18,19);2*1H. The van der Waals surface area contributed by atoms with Gasteiger partial charge in [-0.1, -0.05) is 6.07 Å². The minimum absolute atomic E-state index is 0. The van der Waals surface area contributed by atoms with E-state index in [2.05, 4.69) is 15.6 Å². The quantitative estimate of drug-likeness (QED) is 0.891. The summed E-state index contributed by atoms with van der Waals surface area (Å²) in [5.74, 6) is -0.0773. The zero-order valence-corrected chi connectivity index (χ0v) is 13.7. The Morgan fingerprint density at radius 1 is 1.32 bits per heavy atom. The Balaban J connectivity index is 0.00000121. The van der Waals surface area contributed by atoms with Crippen LogP contribution in [0.15, 0.2) is 36.5 Å². The number of carbonyl (C=O) groups excluding carboxylic acids is 1. The van der Waals surface area contributed by atoms with E-state index in [1.807, 2.05) is 24.3 Å². The van der Waals surface area contributed by atoms with E-state index in [4.69, 9.17) is 4.74 Å². The fourth-order valence-corrected chi connectivity index (χ4v) is 2.51. The molecule has 0 radical (unpaired) electrons. The molecule has 22 heavy (non-hydrogen) atoms. The van der Waals surface area contributed by atoms with Crippen LogP contribution in [0.1, 0.15) is 10.4 Å². The van der Waals surface area contributed by atoms with Crippen molar-refractivity contribution in [2.45, 2.75) is 12.1 Å². The molecule has 0 spiro atoms. The number of nitrogens with zero attached hydrogens (tertiary/aromatic N) is 1. The van der Waals surface area contributed by atoms with Crippen LogP contribution in [0.5, 0.6) is 0 Å². The molecule has 2 atom stereocenters. The average molecular weight is 344 g/mol. The lowest BCUT2D eigenvalue weighted by molar-refractivity contribution is 0.0780. The molecule has 1 aromatic heterocycles. The number of fused-ring (bicyclic) bond motifs is 1. The summed E-state index contributed by atoms with van der Waals surface area (Å²) in [6.45, 7) is 1.50. The number of halogens is 2. The first-order valence-electron chi connectivity index (χ1n) is 6.67. The van der Waals surface area contributed by atoms with Gasteiger partial charge in [0.15, 0.2) is 0 Å². The molecule has 120 valence electrons. The molecule has 2 N–H and O–H groups in total. The van der Waals surface area contributed by atoms with E-state index in [1.165, 1.54) is 0 Å². The Morgan fingerprint density at radius 3 is 2.91 bits per heavy atom. The predicted molar refractivity (Wildman–Crippen MR) is 91.2 cm³/mol. The van der Waals surface area contributed by atoms with Crippen LogP contribution in [0.25, 0.3) is 10.9 Å². The van der Waals surface area contributed by atoms with Gasteiger partial charge in [-0.15, -0.1) is 24.8 Å². The van der Waals surface area contributed by atoms with Crippen LogP contribution in [0, 0.1) is 0 Å². The Hall–Kier alpha value is -1.40. The molecule has 5 nitrogen and oxygen atoms in total. The molecule has 1 amide bonds. The van der Waals surface area contributed by atoms with Gasteiger partial charge < -0.3 is 15.4 Å². The maximum atomic E-state index is 12.3. The van der Waals surface area contributed by atoms with Gasteiger partial charge in [0.25, 0.3) is 5.91 Å². The number of amides is 1. The van der Waals surface area contributed by atoms with Crippen molar-refractivity contribution in [2.24, 2.45) is 0 Å². The number of benzene rings is 1. The van der Waals surface area contributed by atoms with E-state index in [-0.39, 0.29) is 42.9 Å². The first-order valence-corrected chi connectivity index (χ1v) is 6.67. The second-order valence-corrected chi connectivity index (χ2v) is 4.92.